The van der Waals surface area contributed by atoms with E-state index >= 15 is 0 Å². The van der Waals surface area contributed by atoms with Gasteiger partial charge < -0.3 is 10.4 Å². The molecule has 0 saturated carbocycles. The third kappa shape index (κ3) is 2.88. The van der Waals surface area contributed by atoms with Crippen LogP contribution >= 0.6 is 0 Å². The average Bonchev–Trinajstić information content (AvgIpc) is 2.01. The third-order valence-electron chi connectivity index (χ3n) is 1.44. The first-order valence-electron chi connectivity index (χ1n) is 3.87. The molecule has 1 aromatic heterocycles. The monoisotopic (exact) mass is 206 g/mol. The number of aliphatic hydroxyl groups is 1. The summed E-state index contributed by atoms with van der Waals surface area (Å²) in [5.74, 6) is -0.00479. The van der Waals surface area contributed by atoms with Gasteiger partial charge in [-0.1, -0.05) is 0 Å². The first kappa shape index (κ1) is 10.8. The summed E-state index contributed by atoms with van der Waals surface area (Å²) >= 11 is 0. The first-order chi connectivity index (χ1) is 6.39. The van der Waals surface area contributed by atoms with Crippen molar-refractivity contribution < 1.29 is 18.3 Å². The Balaban J connectivity index is 2.90. The summed E-state index contributed by atoms with van der Waals surface area (Å²) in [6.07, 6.45) is -4.29. The van der Waals surface area contributed by atoms with E-state index < -0.39 is 18.0 Å². The summed E-state index contributed by atoms with van der Waals surface area (Å²) in [6, 6.07) is 1.71. The Labute approximate surface area is 78.6 Å². The van der Waals surface area contributed by atoms with Gasteiger partial charge in [-0.2, -0.15) is 13.2 Å². The molecule has 0 aromatic carbocycles. The maximum atomic E-state index is 12.2. The van der Waals surface area contributed by atoms with Crippen molar-refractivity contribution in [1.29, 1.82) is 0 Å². The Kier molecular flexibility index (Phi) is 2.95. The largest absolute Gasteiger partial charge is 0.416 e. The van der Waals surface area contributed by atoms with Crippen LogP contribution in [0.4, 0.5) is 19.0 Å². The molecule has 0 spiro atoms. The molecular formula is C8H9F3N2O. The van der Waals surface area contributed by atoms with Gasteiger partial charge in [0.25, 0.3) is 0 Å². The molecule has 1 atom stereocenters. The highest BCUT2D eigenvalue weighted by molar-refractivity contribution is 5.38. The highest BCUT2D eigenvalue weighted by Crippen LogP contribution is 2.29. The van der Waals surface area contributed by atoms with Gasteiger partial charge in [0.05, 0.1) is 5.56 Å². The van der Waals surface area contributed by atoms with E-state index in [1.54, 1.807) is 0 Å². The van der Waals surface area contributed by atoms with Crippen LogP contribution in [0.15, 0.2) is 18.3 Å². The zero-order valence-electron chi connectivity index (χ0n) is 7.34. The van der Waals surface area contributed by atoms with E-state index in [4.69, 9.17) is 5.11 Å². The number of aliphatic hydroxyl groups excluding tert-OH is 1. The predicted molar refractivity (Wildman–Crippen MR) is 44.5 cm³/mol. The molecule has 1 unspecified atom stereocenters. The van der Waals surface area contributed by atoms with Gasteiger partial charge in [-0.15, -0.1) is 0 Å². The van der Waals surface area contributed by atoms with Gasteiger partial charge in [0.15, 0.2) is 0 Å². The lowest BCUT2D eigenvalue weighted by Gasteiger charge is -2.10. The average molecular weight is 206 g/mol. The molecular weight excluding hydrogens is 197 g/mol. The number of halogens is 3. The Morgan fingerprint density at radius 3 is 2.64 bits per heavy atom. The number of rotatable bonds is 2. The van der Waals surface area contributed by atoms with Crippen molar-refractivity contribution in [1.82, 2.24) is 4.98 Å². The van der Waals surface area contributed by atoms with Crippen LogP contribution in [0.5, 0.6) is 0 Å². The molecule has 1 aromatic rings. The van der Waals surface area contributed by atoms with Crippen LogP contribution in [0.25, 0.3) is 0 Å². The van der Waals surface area contributed by atoms with E-state index in [2.05, 4.69) is 10.3 Å². The molecule has 0 amide bonds. The second-order valence-electron chi connectivity index (χ2n) is 2.75. The van der Waals surface area contributed by atoms with Gasteiger partial charge in [-0.3, -0.25) is 0 Å². The molecule has 0 fully saturated rings. The quantitative estimate of drug-likeness (QED) is 0.726. The molecule has 0 aliphatic carbocycles. The highest BCUT2D eigenvalue weighted by Gasteiger charge is 2.30. The number of nitrogens with one attached hydrogen (secondary N) is 1. The second kappa shape index (κ2) is 3.83. The molecule has 2 N–H and O–H groups in total. The van der Waals surface area contributed by atoms with Crippen molar-refractivity contribution >= 4 is 5.82 Å². The van der Waals surface area contributed by atoms with E-state index in [1.807, 2.05) is 0 Å². The van der Waals surface area contributed by atoms with Gasteiger partial charge in [0.2, 0.25) is 0 Å². The maximum Gasteiger partial charge on any atom is 0.416 e. The third-order valence-corrected chi connectivity index (χ3v) is 1.44. The minimum atomic E-state index is -4.39. The van der Waals surface area contributed by atoms with Gasteiger partial charge in [-0.05, 0) is 19.1 Å². The Hall–Kier alpha value is -1.30. The molecule has 1 rings (SSSR count). The van der Waals surface area contributed by atoms with E-state index in [1.165, 1.54) is 6.92 Å². The zero-order valence-corrected chi connectivity index (χ0v) is 7.34. The Bertz CT molecular complexity index is 312. The van der Waals surface area contributed by atoms with Gasteiger partial charge >= 0.3 is 6.18 Å². The van der Waals surface area contributed by atoms with Crippen LogP contribution in [0.2, 0.25) is 0 Å². The van der Waals surface area contributed by atoms with Crippen LogP contribution in [-0.2, 0) is 6.18 Å². The minimum Gasteiger partial charge on any atom is -0.374 e. The van der Waals surface area contributed by atoms with E-state index in [0.717, 1.165) is 18.3 Å². The summed E-state index contributed by atoms with van der Waals surface area (Å²) in [4.78, 5) is 3.62. The van der Waals surface area contributed by atoms with Crippen molar-refractivity contribution in [3.8, 4) is 0 Å². The summed E-state index contributed by atoms with van der Waals surface area (Å²) in [7, 11) is 0. The van der Waals surface area contributed by atoms with E-state index in [9.17, 15) is 13.2 Å². The SMILES string of the molecule is CC(O)Nc1cc(C(F)(F)F)ccn1. The molecule has 78 valence electrons. The van der Waals surface area contributed by atoms with Crippen molar-refractivity contribution in [2.45, 2.75) is 19.3 Å². The van der Waals surface area contributed by atoms with Gasteiger partial charge in [0.1, 0.15) is 12.0 Å². The number of hydrogen-bond donors (Lipinski definition) is 2. The maximum absolute atomic E-state index is 12.2. The van der Waals surface area contributed by atoms with Crippen molar-refractivity contribution in [3.05, 3.63) is 23.9 Å². The molecule has 0 saturated heterocycles. The number of anilines is 1. The molecule has 0 aliphatic rings. The normalized spacial score (nSPS) is 13.8. The molecule has 0 radical (unpaired) electrons. The standard InChI is InChI=1S/C8H9F3N2O/c1-5(14)13-7-4-6(2-3-12-7)8(9,10)11/h2-5,14H,1H3,(H,12,13). The summed E-state index contributed by atoms with van der Waals surface area (Å²) in [5.41, 5.74) is -0.796. The first-order valence-corrected chi connectivity index (χ1v) is 3.87. The van der Waals surface area contributed by atoms with Crippen molar-refractivity contribution in [3.63, 3.8) is 0 Å². The fourth-order valence-electron chi connectivity index (χ4n) is 0.900. The molecule has 1 heterocycles. The molecule has 6 heteroatoms. The summed E-state index contributed by atoms with van der Waals surface area (Å²) < 4.78 is 36.6. The van der Waals surface area contributed by atoms with Crippen molar-refractivity contribution in [2.24, 2.45) is 0 Å². The lowest BCUT2D eigenvalue weighted by Crippen LogP contribution is -2.15. The Morgan fingerprint density at radius 1 is 1.50 bits per heavy atom. The molecule has 14 heavy (non-hydrogen) atoms. The number of nitrogens with zero attached hydrogens (tertiary/aromatic N) is 1. The van der Waals surface area contributed by atoms with Crippen LogP contribution in [-0.4, -0.2) is 16.3 Å². The fraction of sp³-hybridized carbons (Fsp3) is 0.375. The van der Waals surface area contributed by atoms with Gasteiger partial charge in [0, 0.05) is 6.20 Å². The number of alkyl halides is 3. The van der Waals surface area contributed by atoms with Crippen LogP contribution in [0, 0.1) is 0 Å². The molecule has 3 nitrogen and oxygen atoms in total. The number of aromatic nitrogens is 1. The zero-order chi connectivity index (χ0) is 10.8. The second-order valence-corrected chi connectivity index (χ2v) is 2.75. The van der Waals surface area contributed by atoms with E-state index in [-0.39, 0.29) is 5.82 Å². The lowest BCUT2D eigenvalue weighted by atomic mass is 10.2. The topological polar surface area (TPSA) is 45.1 Å². The summed E-state index contributed by atoms with van der Waals surface area (Å²) in [5, 5.41) is 11.2. The van der Waals surface area contributed by atoms with Crippen LogP contribution in [0.3, 0.4) is 0 Å². The van der Waals surface area contributed by atoms with Crippen molar-refractivity contribution in [2.75, 3.05) is 5.32 Å². The lowest BCUT2D eigenvalue weighted by molar-refractivity contribution is -0.137. The highest BCUT2D eigenvalue weighted by atomic mass is 19.4. The fourth-order valence-corrected chi connectivity index (χ4v) is 0.900. The number of hydrogen-bond acceptors (Lipinski definition) is 3. The van der Waals surface area contributed by atoms with Crippen LogP contribution in [0.1, 0.15) is 12.5 Å². The Morgan fingerprint density at radius 2 is 2.14 bits per heavy atom. The summed E-state index contributed by atoms with van der Waals surface area (Å²) in [6.45, 7) is 1.39. The van der Waals surface area contributed by atoms with E-state index in [0.29, 0.717) is 0 Å². The smallest absolute Gasteiger partial charge is 0.374 e. The predicted octanol–water partition coefficient (Wildman–Crippen LogP) is 1.85. The van der Waals surface area contributed by atoms with Crippen LogP contribution < -0.4 is 5.32 Å². The molecule has 0 bridgehead atoms. The number of pyridine rings is 1. The van der Waals surface area contributed by atoms with Gasteiger partial charge in [-0.25, -0.2) is 4.98 Å². The molecule has 0 aliphatic heterocycles. The minimum absolute atomic E-state index is 0.00479.